The number of carbonyl (C=O) groups excluding carboxylic acids is 1. The Hall–Kier alpha value is -2.50. The normalized spacial score (nSPS) is 12.7. The smallest absolute Gasteiger partial charge is 0.263 e. The van der Waals surface area contributed by atoms with Gasteiger partial charge in [0.1, 0.15) is 23.2 Å². The average Bonchev–Trinajstić information content (AvgIpc) is 3.07. The topological polar surface area (TPSA) is 60.7 Å². The van der Waals surface area contributed by atoms with Gasteiger partial charge in [-0.2, -0.15) is 0 Å². The first-order chi connectivity index (χ1) is 12.9. The van der Waals surface area contributed by atoms with Gasteiger partial charge in [0.25, 0.3) is 5.91 Å². The third-order valence-electron chi connectivity index (χ3n) is 4.23. The lowest BCUT2D eigenvalue weighted by Gasteiger charge is -2.26. The lowest BCUT2D eigenvalue weighted by atomic mass is 10.1. The minimum absolute atomic E-state index is 0.254. The van der Waals surface area contributed by atoms with Crippen LogP contribution in [-0.2, 0) is 9.53 Å². The molecule has 0 aliphatic rings. The highest BCUT2D eigenvalue weighted by atomic mass is 35.5. The molecular weight excluding hydrogens is 366 g/mol. The number of amides is 1. The Morgan fingerprint density at radius 1 is 1.19 bits per heavy atom. The van der Waals surface area contributed by atoms with Crippen LogP contribution in [0.3, 0.4) is 0 Å². The third-order valence-corrected chi connectivity index (χ3v) is 4.48. The second kappa shape index (κ2) is 8.03. The summed E-state index contributed by atoms with van der Waals surface area (Å²) in [7, 11) is 1.58. The Balaban J connectivity index is 1.64. The van der Waals surface area contributed by atoms with Gasteiger partial charge in [0.2, 0.25) is 0 Å². The molecule has 1 N–H and O–H groups in total. The molecule has 1 atom stereocenters. The fourth-order valence-corrected chi connectivity index (χ4v) is 2.83. The molecule has 2 aromatic carbocycles. The van der Waals surface area contributed by atoms with Crippen molar-refractivity contribution >= 4 is 28.5 Å². The van der Waals surface area contributed by atoms with E-state index in [1.54, 1.807) is 45.2 Å². The van der Waals surface area contributed by atoms with Crippen LogP contribution >= 0.6 is 11.6 Å². The van der Waals surface area contributed by atoms with Gasteiger partial charge in [-0.1, -0.05) is 29.8 Å². The summed E-state index contributed by atoms with van der Waals surface area (Å²) < 4.78 is 17.1. The number of hydrogen-bond acceptors (Lipinski definition) is 4. The van der Waals surface area contributed by atoms with E-state index in [1.165, 1.54) is 0 Å². The van der Waals surface area contributed by atoms with Crippen LogP contribution in [0.5, 0.6) is 5.75 Å². The Labute approximate surface area is 163 Å². The molecule has 0 spiro atoms. The molecule has 142 valence electrons. The molecule has 0 unspecified atom stereocenters. The van der Waals surface area contributed by atoms with Crippen molar-refractivity contribution in [3.8, 4) is 5.75 Å². The van der Waals surface area contributed by atoms with E-state index in [4.69, 9.17) is 25.5 Å². The highest BCUT2D eigenvalue weighted by Crippen LogP contribution is 2.26. The van der Waals surface area contributed by atoms with Gasteiger partial charge in [0, 0.05) is 17.5 Å². The maximum absolute atomic E-state index is 12.6. The quantitative estimate of drug-likeness (QED) is 0.635. The number of halogens is 1. The Kier molecular flexibility index (Phi) is 5.73. The Morgan fingerprint density at radius 3 is 2.56 bits per heavy atom. The van der Waals surface area contributed by atoms with Crippen molar-refractivity contribution in [2.75, 3.05) is 13.7 Å². The van der Waals surface area contributed by atoms with E-state index in [0.717, 1.165) is 11.0 Å². The second-order valence-electron chi connectivity index (χ2n) is 6.69. The minimum atomic E-state index is -1.06. The molecule has 0 bridgehead atoms. The number of fused-ring (bicyclic) bond motifs is 1. The van der Waals surface area contributed by atoms with E-state index >= 15 is 0 Å². The summed E-state index contributed by atoms with van der Waals surface area (Å²) in [6, 6.07) is 16.5. The number of furan rings is 1. The number of nitrogens with one attached hydrogen (secondary N) is 1. The fourth-order valence-electron chi connectivity index (χ4n) is 2.70. The van der Waals surface area contributed by atoms with E-state index in [1.807, 2.05) is 30.3 Å². The second-order valence-corrected chi connectivity index (χ2v) is 7.12. The van der Waals surface area contributed by atoms with Gasteiger partial charge in [-0.05, 0) is 50.2 Å². The molecule has 1 amide bonds. The van der Waals surface area contributed by atoms with Crippen LogP contribution < -0.4 is 10.1 Å². The zero-order valence-corrected chi connectivity index (χ0v) is 16.2. The number of carbonyl (C=O) groups is 1. The number of para-hydroxylation sites is 1. The molecule has 6 heteroatoms. The van der Waals surface area contributed by atoms with E-state index in [9.17, 15) is 4.79 Å². The number of benzene rings is 2. The summed E-state index contributed by atoms with van der Waals surface area (Å²) in [5.41, 5.74) is -0.271. The van der Waals surface area contributed by atoms with Crippen molar-refractivity contribution in [2.24, 2.45) is 0 Å². The Morgan fingerprint density at radius 2 is 1.89 bits per heavy atom. The zero-order valence-electron chi connectivity index (χ0n) is 15.5. The fraction of sp³-hybridized carbons (Fsp3) is 0.286. The van der Waals surface area contributed by atoms with Crippen molar-refractivity contribution in [1.29, 1.82) is 0 Å². The minimum Gasteiger partial charge on any atom is -0.478 e. The molecule has 1 aromatic heterocycles. The van der Waals surface area contributed by atoms with Gasteiger partial charge in [0.15, 0.2) is 5.60 Å². The first kappa shape index (κ1) is 19.3. The molecule has 0 fully saturated rings. The summed E-state index contributed by atoms with van der Waals surface area (Å²) >= 11 is 5.88. The molecule has 27 heavy (non-hydrogen) atoms. The number of ether oxygens (including phenoxy) is 2. The van der Waals surface area contributed by atoms with Crippen LogP contribution in [0.2, 0.25) is 5.02 Å². The zero-order chi connectivity index (χ0) is 19.4. The van der Waals surface area contributed by atoms with Gasteiger partial charge >= 0.3 is 0 Å². The van der Waals surface area contributed by atoms with E-state index in [-0.39, 0.29) is 12.5 Å². The summed E-state index contributed by atoms with van der Waals surface area (Å²) in [6.45, 7) is 3.68. The van der Waals surface area contributed by atoms with Crippen LogP contribution in [0.1, 0.15) is 25.7 Å². The molecular formula is C21H22ClNO4. The monoisotopic (exact) mass is 387 g/mol. The third kappa shape index (κ3) is 4.62. The molecule has 0 aliphatic heterocycles. The van der Waals surface area contributed by atoms with E-state index in [0.29, 0.717) is 16.5 Å². The van der Waals surface area contributed by atoms with Crippen LogP contribution in [-0.4, -0.2) is 25.2 Å². The molecule has 0 aliphatic carbocycles. The molecule has 5 nitrogen and oxygen atoms in total. The molecule has 3 aromatic rings. The van der Waals surface area contributed by atoms with Crippen LogP contribution in [0.15, 0.2) is 59.0 Å². The average molecular weight is 388 g/mol. The van der Waals surface area contributed by atoms with Gasteiger partial charge in [-0.25, -0.2) is 0 Å². The Bertz CT molecular complexity index is 884. The predicted molar refractivity (Wildman–Crippen MR) is 105 cm³/mol. The molecule has 0 saturated heterocycles. The van der Waals surface area contributed by atoms with Crippen molar-refractivity contribution in [3.63, 3.8) is 0 Å². The molecule has 0 saturated carbocycles. The van der Waals surface area contributed by atoms with Crippen LogP contribution in [0.4, 0.5) is 0 Å². The van der Waals surface area contributed by atoms with E-state index < -0.39 is 11.7 Å². The van der Waals surface area contributed by atoms with Crippen LogP contribution in [0.25, 0.3) is 11.0 Å². The predicted octanol–water partition coefficient (Wildman–Crippen LogP) is 4.75. The van der Waals surface area contributed by atoms with Gasteiger partial charge in [-0.3, -0.25) is 4.79 Å². The number of rotatable bonds is 7. The van der Waals surface area contributed by atoms with Crippen molar-refractivity contribution in [2.45, 2.75) is 25.6 Å². The highest BCUT2D eigenvalue weighted by Gasteiger charge is 2.30. The molecule has 3 rings (SSSR count). The molecule has 1 heterocycles. The van der Waals surface area contributed by atoms with Crippen molar-refractivity contribution < 1.29 is 18.7 Å². The first-order valence-electron chi connectivity index (χ1n) is 8.63. The maximum Gasteiger partial charge on any atom is 0.263 e. The van der Waals surface area contributed by atoms with Gasteiger partial charge < -0.3 is 19.2 Å². The standard InChI is InChI=1S/C21H22ClNO4/c1-21(2,27-16-10-8-15(22)9-11-16)20(24)23-13-19(25-3)18-12-14-6-4-5-7-17(14)26-18/h4-12,19H,13H2,1-3H3,(H,23,24)/t19-/m1/s1. The summed E-state index contributed by atoms with van der Waals surface area (Å²) in [5, 5.41) is 4.48. The summed E-state index contributed by atoms with van der Waals surface area (Å²) in [6.07, 6.45) is -0.396. The van der Waals surface area contributed by atoms with Crippen molar-refractivity contribution in [3.05, 3.63) is 65.4 Å². The first-order valence-corrected chi connectivity index (χ1v) is 9.01. The van der Waals surface area contributed by atoms with Gasteiger partial charge in [-0.15, -0.1) is 0 Å². The highest BCUT2D eigenvalue weighted by molar-refractivity contribution is 6.30. The van der Waals surface area contributed by atoms with E-state index in [2.05, 4.69) is 5.32 Å². The van der Waals surface area contributed by atoms with Crippen molar-refractivity contribution in [1.82, 2.24) is 5.32 Å². The summed E-state index contributed by atoms with van der Waals surface area (Å²) in [5.74, 6) is 0.978. The lowest BCUT2D eigenvalue weighted by Crippen LogP contribution is -2.47. The summed E-state index contributed by atoms with van der Waals surface area (Å²) in [4.78, 5) is 12.6. The lowest BCUT2D eigenvalue weighted by molar-refractivity contribution is -0.134. The van der Waals surface area contributed by atoms with Crippen LogP contribution in [0, 0.1) is 0 Å². The molecule has 0 radical (unpaired) electrons. The SMILES string of the molecule is CO[C@H](CNC(=O)C(C)(C)Oc1ccc(Cl)cc1)c1cc2ccccc2o1. The largest absolute Gasteiger partial charge is 0.478 e. The maximum atomic E-state index is 12.6. The number of methoxy groups -OCH3 is 1. The number of hydrogen-bond donors (Lipinski definition) is 1. The van der Waals surface area contributed by atoms with Gasteiger partial charge in [0.05, 0.1) is 6.54 Å².